The Bertz CT molecular complexity index is 512. The van der Waals surface area contributed by atoms with E-state index in [1.54, 1.807) is 0 Å². The van der Waals surface area contributed by atoms with E-state index in [1.165, 1.54) is 12.1 Å². The van der Waals surface area contributed by atoms with E-state index in [9.17, 15) is 21.6 Å². The summed E-state index contributed by atoms with van der Waals surface area (Å²) in [6, 6.07) is 3.96. The molecule has 108 valence electrons. The first kappa shape index (κ1) is 15.9. The number of halogens is 3. The molecule has 0 aliphatic heterocycles. The Morgan fingerprint density at radius 3 is 2.16 bits per heavy atom. The summed E-state index contributed by atoms with van der Waals surface area (Å²) < 4.78 is 59.3. The van der Waals surface area contributed by atoms with E-state index >= 15 is 0 Å². The molecule has 0 aromatic heterocycles. The average molecular weight is 296 g/mol. The quantitative estimate of drug-likeness (QED) is 0.640. The van der Waals surface area contributed by atoms with Gasteiger partial charge >= 0.3 is 6.18 Å². The molecule has 3 N–H and O–H groups in total. The average Bonchev–Trinajstić information content (AvgIpc) is 2.28. The Morgan fingerprint density at radius 1 is 1.26 bits per heavy atom. The summed E-state index contributed by atoms with van der Waals surface area (Å²) in [6.07, 6.45) is -3.11. The van der Waals surface area contributed by atoms with Crippen molar-refractivity contribution in [3.63, 3.8) is 0 Å². The first-order valence-corrected chi connectivity index (χ1v) is 7.50. The molecule has 0 saturated carbocycles. The van der Waals surface area contributed by atoms with Gasteiger partial charge in [0.25, 0.3) is 0 Å². The van der Waals surface area contributed by atoms with E-state index in [1.807, 2.05) is 0 Å². The number of nitrogens with two attached hydrogens (primary N) is 1. The fourth-order valence-corrected chi connectivity index (χ4v) is 2.25. The summed E-state index contributed by atoms with van der Waals surface area (Å²) in [5.41, 5.74) is 2.16. The van der Waals surface area contributed by atoms with Crippen molar-refractivity contribution in [3.05, 3.63) is 35.4 Å². The summed E-state index contributed by atoms with van der Waals surface area (Å²) in [4.78, 5) is 0. The molecule has 19 heavy (non-hydrogen) atoms. The van der Waals surface area contributed by atoms with Crippen molar-refractivity contribution in [1.29, 1.82) is 0 Å². The second-order valence-electron chi connectivity index (χ2n) is 4.26. The molecular weight excluding hydrogens is 281 g/mol. The fraction of sp³-hybridized carbons (Fsp3) is 0.455. The minimum atomic E-state index is -4.39. The third kappa shape index (κ3) is 5.17. The van der Waals surface area contributed by atoms with Gasteiger partial charge in [-0.15, -0.1) is 0 Å². The first-order valence-electron chi connectivity index (χ1n) is 5.44. The van der Waals surface area contributed by atoms with Crippen molar-refractivity contribution < 1.29 is 21.6 Å². The molecule has 0 saturated heterocycles. The van der Waals surface area contributed by atoms with Crippen LogP contribution in [0.4, 0.5) is 13.2 Å². The highest BCUT2D eigenvalue weighted by atomic mass is 32.2. The number of alkyl halides is 3. The van der Waals surface area contributed by atoms with Crippen molar-refractivity contribution in [2.45, 2.75) is 18.6 Å². The molecule has 0 heterocycles. The zero-order valence-electron chi connectivity index (χ0n) is 10.2. The second kappa shape index (κ2) is 5.89. The van der Waals surface area contributed by atoms with Crippen molar-refractivity contribution in [1.82, 2.24) is 5.43 Å². The van der Waals surface area contributed by atoms with Crippen molar-refractivity contribution in [3.8, 4) is 0 Å². The molecule has 1 unspecified atom stereocenters. The number of hydrogen-bond acceptors (Lipinski definition) is 4. The van der Waals surface area contributed by atoms with Crippen LogP contribution in [0.25, 0.3) is 0 Å². The fourth-order valence-electron chi connectivity index (χ4n) is 1.58. The van der Waals surface area contributed by atoms with Gasteiger partial charge in [0.05, 0.1) is 11.3 Å². The SMILES string of the molecule is CS(=O)(=O)CCC(NN)c1ccc(C(F)(F)F)cc1. The van der Waals surface area contributed by atoms with E-state index in [2.05, 4.69) is 5.43 Å². The number of rotatable bonds is 5. The van der Waals surface area contributed by atoms with Gasteiger partial charge in [-0.3, -0.25) is 11.3 Å². The minimum absolute atomic E-state index is 0.0944. The number of nitrogens with one attached hydrogen (secondary N) is 1. The molecule has 0 bridgehead atoms. The van der Waals surface area contributed by atoms with Gasteiger partial charge in [-0.1, -0.05) is 12.1 Å². The lowest BCUT2D eigenvalue weighted by atomic mass is 10.0. The zero-order valence-corrected chi connectivity index (χ0v) is 11.1. The number of hydrazine groups is 1. The normalized spacial score (nSPS) is 14.4. The molecule has 0 amide bonds. The lowest BCUT2D eigenvalue weighted by Gasteiger charge is -2.16. The lowest BCUT2D eigenvalue weighted by Crippen LogP contribution is -2.29. The zero-order chi connectivity index (χ0) is 14.7. The van der Waals surface area contributed by atoms with Crippen LogP contribution in [0.2, 0.25) is 0 Å². The summed E-state index contributed by atoms with van der Waals surface area (Å²) in [7, 11) is -3.14. The third-order valence-corrected chi connectivity index (χ3v) is 3.60. The Hall–Kier alpha value is -1.12. The van der Waals surface area contributed by atoms with Crippen LogP contribution in [0.1, 0.15) is 23.6 Å². The van der Waals surface area contributed by atoms with Gasteiger partial charge in [-0.2, -0.15) is 13.2 Å². The van der Waals surface area contributed by atoms with Gasteiger partial charge < -0.3 is 0 Å². The van der Waals surface area contributed by atoms with Gasteiger partial charge in [-0.05, 0) is 24.1 Å². The second-order valence-corrected chi connectivity index (χ2v) is 6.52. The third-order valence-electron chi connectivity index (χ3n) is 2.62. The number of benzene rings is 1. The van der Waals surface area contributed by atoms with Crippen LogP contribution in [0.3, 0.4) is 0 Å². The van der Waals surface area contributed by atoms with E-state index in [-0.39, 0.29) is 12.2 Å². The molecule has 1 rings (SSSR count). The Morgan fingerprint density at radius 2 is 1.79 bits per heavy atom. The van der Waals surface area contributed by atoms with Crippen LogP contribution >= 0.6 is 0 Å². The largest absolute Gasteiger partial charge is 0.416 e. The van der Waals surface area contributed by atoms with E-state index in [0.717, 1.165) is 18.4 Å². The Kier molecular flexibility index (Phi) is 4.94. The standard InChI is InChI=1S/C11H15F3N2O2S/c1-19(17,18)7-6-10(16-15)8-2-4-9(5-3-8)11(12,13)14/h2-5,10,16H,6-7,15H2,1H3. The van der Waals surface area contributed by atoms with Crippen LogP contribution in [-0.4, -0.2) is 20.4 Å². The molecule has 4 nitrogen and oxygen atoms in total. The molecule has 0 fully saturated rings. The monoisotopic (exact) mass is 296 g/mol. The topological polar surface area (TPSA) is 72.2 Å². The smallest absolute Gasteiger partial charge is 0.271 e. The van der Waals surface area contributed by atoms with Crippen LogP contribution < -0.4 is 11.3 Å². The predicted octanol–water partition coefficient (Wildman–Crippen LogP) is 1.64. The van der Waals surface area contributed by atoms with Crippen LogP contribution in [0, 0.1) is 0 Å². The molecule has 8 heteroatoms. The predicted molar refractivity (Wildman–Crippen MR) is 65.8 cm³/mol. The number of sulfone groups is 1. The van der Waals surface area contributed by atoms with Gasteiger partial charge in [0.1, 0.15) is 9.84 Å². The van der Waals surface area contributed by atoms with Crippen LogP contribution in [0.15, 0.2) is 24.3 Å². The number of hydrogen-bond donors (Lipinski definition) is 2. The summed E-state index contributed by atoms with van der Waals surface area (Å²) in [6.45, 7) is 0. The highest BCUT2D eigenvalue weighted by Crippen LogP contribution is 2.30. The Balaban J connectivity index is 2.83. The van der Waals surface area contributed by atoms with Gasteiger partial charge in [0.2, 0.25) is 0 Å². The van der Waals surface area contributed by atoms with Crippen molar-refractivity contribution in [2.24, 2.45) is 5.84 Å². The van der Waals surface area contributed by atoms with E-state index in [4.69, 9.17) is 5.84 Å². The maximum atomic E-state index is 12.4. The maximum absolute atomic E-state index is 12.4. The first-order chi connectivity index (χ1) is 8.63. The minimum Gasteiger partial charge on any atom is -0.271 e. The molecule has 1 aromatic carbocycles. The highest BCUT2D eigenvalue weighted by Gasteiger charge is 2.30. The van der Waals surface area contributed by atoms with Gasteiger partial charge in [0.15, 0.2) is 0 Å². The van der Waals surface area contributed by atoms with E-state index < -0.39 is 27.6 Å². The van der Waals surface area contributed by atoms with Crippen molar-refractivity contribution in [2.75, 3.05) is 12.0 Å². The van der Waals surface area contributed by atoms with Crippen molar-refractivity contribution >= 4 is 9.84 Å². The summed E-state index contributed by atoms with van der Waals surface area (Å²) in [5, 5.41) is 0. The molecule has 0 radical (unpaired) electrons. The molecule has 0 spiro atoms. The lowest BCUT2D eigenvalue weighted by molar-refractivity contribution is -0.137. The summed E-state index contributed by atoms with van der Waals surface area (Å²) in [5.74, 6) is 5.20. The van der Waals surface area contributed by atoms with Crippen LogP contribution in [0.5, 0.6) is 0 Å². The Labute approximate surface area is 109 Å². The molecule has 1 aromatic rings. The molecule has 1 atom stereocenters. The van der Waals surface area contributed by atoms with Gasteiger partial charge in [-0.25, -0.2) is 8.42 Å². The summed E-state index contributed by atoms with van der Waals surface area (Å²) >= 11 is 0. The van der Waals surface area contributed by atoms with E-state index in [0.29, 0.717) is 5.56 Å². The molecule has 0 aliphatic carbocycles. The van der Waals surface area contributed by atoms with Crippen LogP contribution in [-0.2, 0) is 16.0 Å². The maximum Gasteiger partial charge on any atom is 0.416 e. The molecular formula is C11H15F3N2O2S. The molecule has 0 aliphatic rings. The van der Waals surface area contributed by atoms with Gasteiger partial charge in [0, 0.05) is 12.3 Å². The highest BCUT2D eigenvalue weighted by molar-refractivity contribution is 7.90.